The molecule has 1 amide bonds. The normalized spacial score (nSPS) is 11.7. The second-order valence-corrected chi connectivity index (χ2v) is 7.52. The molecule has 0 saturated carbocycles. The summed E-state index contributed by atoms with van der Waals surface area (Å²) in [6.07, 6.45) is 0. The van der Waals surface area contributed by atoms with Gasteiger partial charge in [0.25, 0.3) is 5.91 Å². The Kier molecular flexibility index (Phi) is 7.20. The summed E-state index contributed by atoms with van der Waals surface area (Å²) >= 11 is 0. The number of nitrogens with zero attached hydrogens (tertiary/aromatic N) is 2. The van der Waals surface area contributed by atoms with Crippen LogP contribution < -0.4 is 10.2 Å². The van der Waals surface area contributed by atoms with Gasteiger partial charge in [-0.15, -0.1) is 0 Å². The maximum Gasteiger partial charge on any atom is 0.340 e. The van der Waals surface area contributed by atoms with Crippen molar-refractivity contribution in [2.24, 2.45) is 0 Å². The summed E-state index contributed by atoms with van der Waals surface area (Å²) in [4.78, 5) is 25.8. The second kappa shape index (κ2) is 10.0. The van der Waals surface area contributed by atoms with E-state index in [9.17, 15) is 9.59 Å². The Morgan fingerprint density at radius 1 is 1.06 bits per heavy atom. The highest BCUT2D eigenvalue weighted by atomic mass is 16.5. The standard InChI is InChI=1S/C24H28N4O3/c1-5-31-24(30)20-13-9-10-14-22(20)25-23(29)16-27(4)15-21-17(2)26-28(18(21)3)19-11-7-6-8-12-19/h6-14H,5,15-16H2,1-4H3,(H,25,29)/p+1. The highest BCUT2D eigenvalue weighted by Gasteiger charge is 2.20. The van der Waals surface area contributed by atoms with E-state index in [0.717, 1.165) is 27.5 Å². The molecule has 0 fully saturated rings. The van der Waals surface area contributed by atoms with Crippen LogP contribution >= 0.6 is 0 Å². The number of esters is 1. The van der Waals surface area contributed by atoms with Crippen molar-refractivity contribution in [2.75, 3.05) is 25.5 Å². The predicted octanol–water partition coefficient (Wildman–Crippen LogP) is 2.32. The molecule has 0 spiro atoms. The van der Waals surface area contributed by atoms with Crippen molar-refractivity contribution in [1.29, 1.82) is 0 Å². The van der Waals surface area contributed by atoms with Crippen molar-refractivity contribution >= 4 is 17.6 Å². The number of ether oxygens (including phenoxy) is 1. The average molecular weight is 422 g/mol. The first-order valence-corrected chi connectivity index (χ1v) is 10.4. The van der Waals surface area contributed by atoms with Crippen LogP contribution in [0.1, 0.15) is 34.2 Å². The van der Waals surface area contributed by atoms with E-state index in [1.807, 2.05) is 55.9 Å². The fourth-order valence-corrected chi connectivity index (χ4v) is 3.56. The Labute approximate surface area is 182 Å². The molecule has 1 unspecified atom stereocenters. The Morgan fingerprint density at radius 2 is 1.74 bits per heavy atom. The summed E-state index contributed by atoms with van der Waals surface area (Å²) in [6, 6.07) is 16.9. The maximum atomic E-state index is 12.6. The van der Waals surface area contributed by atoms with E-state index >= 15 is 0 Å². The van der Waals surface area contributed by atoms with Gasteiger partial charge in [0.15, 0.2) is 6.54 Å². The van der Waals surface area contributed by atoms with Crippen LogP contribution in [0.5, 0.6) is 0 Å². The number of aryl methyl sites for hydroxylation is 1. The van der Waals surface area contributed by atoms with Crippen LogP contribution in [-0.2, 0) is 16.1 Å². The van der Waals surface area contributed by atoms with E-state index < -0.39 is 5.97 Å². The molecule has 0 radical (unpaired) electrons. The SMILES string of the molecule is CCOC(=O)c1ccccc1NC(=O)C[NH+](C)Cc1c(C)nn(-c2ccccc2)c1C. The van der Waals surface area contributed by atoms with Crippen LogP contribution in [0.15, 0.2) is 54.6 Å². The molecule has 2 aromatic carbocycles. The van der Waals surface area contributed by atoms with Crippen LogP contribution in [0.2, 0.25) is 0 Å². The van der Waals surface area contributed by atoms with Gasteiger partial charge >= 0.3 is 5.97 Å². The summed E-state index contributed by atoms with van der Waals surface area (Å²) in [7, 11) is 1.97. The van der Waals surface area contributed by atoms with Crippen molar-refractivity contribution in [3.8, 4) is 5.69 Å². The molecule has 7 nitrogen and oxygen atoms in total. The molecule has 1 atom stereocenters. The minimum absolute atomic E-state index is 0.167. The molecular weight excluding hydrogens is 392 g/mol. The van der Waals surface area contributed by atoms with Crippen molar-refractivity contribution in [1.82, 2.24) is 9.78 Å². The topological polar surface area (TPSA) is 77.7 Å². The summed E-state index contributed by atoms with van der Waals surface area (Å²) in [5, 5.41) is 7.53. The molecule has 0 aliphatic heterocycles. The molecule has 0 aliphatic rings. The molecule has 2 N–H and O–H groups in total. The van der Waals surface area contributed by atoms with Crippen LogP contribution in [0.25, 0.3) is 5.69 Å². The van der Waals surface area contributed by atoms with Gasteiger partial charge in [-0.1, -0.05) is 30.3 Å². The molecule has 162 valence electrons. The fraction of sp³-hybridized carbons (Fsp3) is 0.292. The van der Waals surface area contributed by atoms with E-state index in [0.29, 0.717) is 17.8 Å². The summed E-state index contributed by atoms with van der Waals surface area (Å²) in [6.45, 7) is 6.99. The zero-order chi connectivity index (χ0) is 22.4. The second-order valence-electron chi connectivity index (χ2n) is 7.52. The number of rotatable bonds is 8. The summed E-state index contributed by atoms with van der Waals surface area (Å²) in [5.74, 6) is -0.612. The largest absolute Gasteiger partial charge is 0.462 e. The van der Waals surface area contributed by atoms with Crippen molar-refractivity contribution in [2.45, 2.75) is 27.3 Å². The number of aromatic nitrogens is 2. The molecule has 1 aromatic heterocycles. The van der Waals surface area contributed by atoms with Crippen LogP contribution in [0, 0.1) is 13.8 Å². The van der Waals surface area contributed by atoms with Gasteiger partial charge in [-0.3, -0.25) is 4.79 Å². The number of anilines is 1. The average Bonchev–Trinajstić information content (AvgIpc) is 3.03. The molecule has 7 heteroatoms. The number of likely N-dealkylation sites (N-methyl/N-ethyl adjacent to an activating group) is 1. The lowest BCUT2D eigenvalue weighted by atomic mass is 10.1. The molecule has 3 rings (SSSR count). The molecule has 0 bridgehead atoms. The van der Waals surface area contributed by atoms with Crippen LogP contribution in [-0.4, -0.2) is 41.9 Å². The zero-order valence-electron chi connectivity index (χ0n) is 18.4. The Hall–Kier alpha value is -3.45. The Bertz CT molecular complexity index is 1060. The monoisotopic (exact) mass is 421 g/mol. The first-order valence-electron chi connectivity index (χ1n) is 10.4. The molecular formula is C24H29N4O3+. The smallest absolute Gasteiger partial charge is 0.340 e. The lowest BCUT2D eigenvalue weighted by Gasteiger charge is -2.15. The molecule has 0 aliphatic carbocycles. The van der Waals surface area contributed by atoms with E-state index in [1.54, 1.807) is 31.2 Å². The quantitative estimate of drug-likeness (QED) is 0.547. The number of para-hydroxylation sites is 2. The third-order valence-corrected chi connectivity index (χ3v) is 5.08. The summed E-state index contributed by atoms with van der Waals surface area (Å²) < 4.78 is 7.01. The number of carbonyl (C=O) groups excluding carboxylic acids is 2. The first-order chi connectivity index (χ1) is 14.9. The number of carbonyl (C=O) groups is 2. The van der Waals surface area contributed by atoms with Gasteiger partial charge in [-0.2, -0.15) is 5.10 Å². The Morgan fingerprint density at radius 3 is 2.45 bits per heavy atom. The third kappa shape index (κ3) is 5.38. The van der Waals surface area contributed by atoms with Crippen molar-refractivity contribution in [3.63, 3.8) is 0 Å². The molecule has 0 saturated heterocycles. The number of nitrogens with one attached hydrogen (secondary N) is 2. The number of amides is 1. The minimum Gasteiger partial charge on any atom is -0.462 e. The van der Waals surface area contributed by atoms with Gasteiger partial charge in [0.2, 0.25) is 0 Å². The zero-order valence-corrected chi connectivity index (χ0v) is 18.4. The van der Waals surface area contributed by atoms with E-state index in [4.69, 9.17) is 4.74 Å². The van der Waals surface area contributed by atoms with E-state index in [-0.39, 0.29) is 19.1 Å². The van der Waals surface area contributed by atoms with Gasteiger partial charge in [-0.25, -0.2) is 9.48 Å². The molecule has 3 aromatic rings. The van der Waals surface area contributed by atoms with Gasteiger partial charge < -0.3 is 15.0 Å². The van der Waals surface area contributed by atoms with E-state index in [2.05, 4.69) is 10.4 Å². The lowest BCUT2D eigenvalue weighted by Crippen LogP contribution is -3.08. The van der Waals surface area contributed by atoms with E-state index in [1.165, 1.54) is 0 Å². The minimum atomic E-state index is -0.446. The number of benzene rings is 2. The molecule has 1 heterocycles. The first kappa shape index (κ1) is 22.2. The maximum absolute atomic E-state index is 12.6. The molecule has 31 heavy (non-hydrogen) atoms. The lowest BCUT2D eigenvalue weighted by molar-refractivity contribution is -0.885. The number of hydrogen-bond donors (Lipinski definition) is 2. The van der Waals surface area contributed by atoms with Crippen molar-refractivity contribution in [3.05, 3.63) is 77.1 Å². The number of quaternary nitrogens is 1. The van der Waals surface area contributed by atoms with Crippen LogP contribution in [0.4, 0.5) is 5.69 Å². The fourth-order valence-electron chi connectivity index (χ4n) is 3.56. The van der Waals surface area contributed by atoms with Crippen LogP contribution in [0.3, 0.4) is 0 Å². The highest BCUT2D eigenvalue weighted by Crippen LogP contribution is 2.17. The van der Waals surface area contributed by atoms with Gasteiger partial charge in [-0.05, 0) is 45.0 Å². The predicted molar refractivity (Wildman–Crippen MR) is 120 cm³/mol. The third-order valence-electron chi connectivity index (χ3n) is 5.08. The van der Waals surface area contributed by atoms with Gasteiger partial charge in [0.05, 0.1) is 47.5 Å². The summed E-state index contributed by atoms with van der Waals surface area (Å²) in [5.41, 5.74) is 4.97. The highest BCUT2D eigenvalue weighted by molar-refractivity contribution is 6.01. The Balaban J connectivity index is 1.67. The van der Waals surface area contributed by atoms with Gasteiger partial charge in [0, 0.05) is 0 Å². The van der Waals surface area contributed by atoms with Crippen molar-refractivity contribution < 1.29 is 19.2 Å². The number of hydrogen-bond acceptors (Lipinski definition) is 4. The van der Waals surface area contributed by atoms with Gasteiger partial charge in [0.1, 0.15) is 6.54 Å².